The Kier molecular flexibility index (Phi) is 6.51. The molecule has 4 aromatic rings. The number of hydrogen-bond donors (Lipinski definition) is 2. The quantitative estimate of drug-likeness (QED) is 0.388. The van der Waals surface area contributed by atoms with E-state index in [1.165, 1.54) is 23.1 Å². The third kappa shape index (κ3) is 4.93. The molecule has 152 valence electrons. The Hall–Kier alpha value is -3.03. The van der Waals surface area contributed by atoms with Crippen molar-refractivity contribution in [3.05, 3.63) is 83.2 Å². The summed E-state index contributed by atoms with van der Waals surface area (Å²) in [4.78, 5) is 26.2. The molecule has 0 aliphatic carbocycles. The molecule has 0 saturated heterocycles. The van der Waals surface area contributed by atoms with E-state index in [2.05, 4.69) is 33.5 Å². The number of benzene rings is 2. The Morgan fingerprint density at radius 3 is 2.57 bits per heavy atom. The third-order valence-electron chi connectivity index (χ3n) is 4.55. The fraction of sp³-hybridized carbons (Fsp3) is 0.130. The summed E-state index contributed by atoms with van der Waals surface area (Å²) in [5.41, 5.74) is 1.89. The SMILES string of the molecule is O=C(CSc1cn(CCNC(=O)c2cccs2)c2ccccc12)Nc1ccccc1. The fourth-order valence-electron chi connectivity index (χ4n) is 3.16. The fourth-order valence-corrected chi connectivity index (χ4v) is 4.69. The van der Waals surface area contributed by atoms with Crippen LogP contribution in [0.1, 0.15) is 9.67 Å². The van der Waals surface area contributed by atoms with Gasteiger partial charge in [-0.05, 0) is 29.6 Å². The van der Waals surface area contributed by atoms with Crippen molar-refractivity contribution in [3.63, 3.8) is 0 Å². The lowest BCUT2D eigenvalue weighted by Gasteiger charge is -2.06. The molecule has 2 amide bonds. The Labute approximate surface area is 183 Å². The molecule has 0 unspecified atom stereocenters. The van der Waals surface area contributed by atoms with Gasteiger partial charge in [-0.25, -0.2) is 0 Å². The summed E-state index contributed by atoms with van der Waals surface area (Å²) in [6, 6.07) is 21.3. The van der Waals surface area contributed by atoms with Gasteiger partial charge in [0.05, 0.1) is 10.6 Å². The van der Waals surface area contributed by atoms with Crippen molar-refractivity contribution in [1.82, 2.24) is 9.88 Å². The monoisotopic (exact) mass is 435 g/mol. The van der Waals surface area contributed by atoms with Crippen LogP contribution in [0.15, 0.2) is 83.2 Å². The molecule has 0 atom stereocenters. The number of thiophene rings is 1. The zero-order valence-electron chi connectivity index (χ0n) is 16.2. The van der Waals surface area contributed by atoms with E-state index in [0.29, 0.717) is 23.7 Å². The van der Waals surface area contributed by atoms with Crippen LogP contribution in [-0.4, -0.2) is 28.7 Å². The molecule has 2 N–H and O–H groups in total. The summed E-state index contributed by atoms with van der Waals surface area (Å²) in [6.07, 6.45) is 2.06. The number of para-hydroxylation sites is 2. The van der Waals surface area contributed by atoms with Gasteiger partial charge in [-0.2, -0.15) is 0 Å². The highest BCUT2D eigenvalue weighted by molar-refractivity contribution is 8.00. The predicted octanol–water partition coefficient (Wildman–Crippen LogP) is 4.86. The molecule has 30 heavy (non-hydrogen) atoms. The summed E-state index contributed by atoms with van der Waals surface area (Å²) in [7, 11) is 0. The maximum absolute atomic E-state index is 12.3. The Morgan fingerprint density at radius 2 is 1.77 bits per heavy atom. The molecule has 5 nitrogen and oxygen atoms in total. The zero-order chi connectivity index (χ0) is 20.8. The van der Waals surface area contributed by atoms with Crippen LogP contribution in [0.2, 0.25) is 0 Å². The number of nitrogens with zero attached hydrogens (tertiary/aromatic N) is 1. The summed E-state index contributed by atoms with van der Waals surface area (Å²) < 4.78 is 2.13. The molecule has 2 aromatic carbocycles. The molecule has 7 heteroatoms. The molecule has 0 aliphatic rings. The first kappa shape index (κ1) is 20.3. The van der Waals surface area contributed by atoms with Gasteiger partial charge in [-0.1, -0.05) is 42.5 Å². The number of aromatic nitrogens is 1. The van der Waals surface area contributed by atoms with Crippen molar-refractivity contribution in [2.45, 2.75) is 11.4 Å². The largest absolute Gasteiger partial charge is 0.350 e. The predicted molar refractivity (Wildman–Crippen MR) is 124 cm³/mol. The Balaban J connectivity index is 1.39. The van der Waals surface area contributed by atoms with Gasteiger partial charge in [0, 0.05) is 40.8 Å². The first-order chi connectivity index (χ1) is 14.7. The molecular formula is C23H21N3O2S2. The molecule has 0 spiro atoms. The highest BCUT2D eigenvalue weighted by atomic mass is 32.2. The van der Waals surface area contributed by atoms with E-state index in [1.807, 2.05) is 60.0 Å². The summed E-state index contributed by atoms with van der Waals surface area (Å²) >= 11 is 2.95. The van der Waals surface area contributed by atoms with Crippen molar-refractivity contribution in [2.75, 3.05) is 17.6 Å². The second-order valence-corrected chi connectivity index (χ2v) is 8.60. The van der Waals surface area contributed by atoms with E-state index in [1.54, 1.807) is 0 Å². The molecule has 2 heterocycles. The van der Waals surface area contributed by atoms with Crippen LogP contribution < -0.4 is 10.6 Å². The van der Waals surface area contributed by atoms with Crippen molar-refractivity contribution < 1.29 is 9.59 Å². The Morgan fingerprint density at radius 1 is 0.967 bits per heavy atom. The Bertz CT molecular complexity index is 1140. The second kappa shape index (κ2) is 9.65. The lowest BCUT2D eigenvalue weighted by atomic mass is 10.2. The molecular weight excluding hydrogens is 414 g/mol. The number of thioether (sulfide) groups is 1. The lowest BCUT2D eigenvalue weighted by Crippen LogP contribution is -2.26. The third-order valence-corrected chi connectivity index (χ3v) is 6.46. The number of fused-ring (bicyclic) bond motifs is 1. The standard InChI is InChI=1S/C23H21N3O2S2/c27-22(25-17-7-2-1-3-8-17)16-30-21-15-26(19-10-5-4-9-18(19)21)13-12-24-23(28)20-11-6-14-29-20/h1-11,14-15H,12-13,16H2,(H,24,28)(H,25,27). The molecule has 0 bridgehead atoms. The van der Waals surface area contributed by atoms with E-state index >= 15 is 0 Å². The summed E-state index contributed by atoms with van der Waals surface area (Å²) in [5.74, 6) is 0.248. The van der Waals surface area contributed by atoms with Crippen LogP contribution in [0.3, 0.4) is 0 Å². The molecule has 0 saturated carbocycles. The number of hydrogen-bond acceptors (Lipinski definition) is 4. The highest BCUT2D eigenvalue weighted by Crippen LogP contribution is 2.30. The highest BCUT2D eigenvalue weighted by Gasteiger charge is 2.12. The van der Waals surface area contributed by atoms with Crippen LogP contribution in [0.4, 0.5) is 5.69 Å². The topological polar surface area (TPSA) is 63.1 Å². The van der Waals surface area contributed by atoms with Crippen LogP contribution in [0.5, 0.6) is 0 Å². The van der Waals surface area contributed by atoms with Crippen LogP contribution in [0.25, 0.3) is 10.9 Å². The van der Waals surface area contributed by atoms with Crippen molar-refractivity contribution >= 4 is 51.5 Å². The minimum absolute atomic E-state index is 0.0359. The maximum atomic E-state index is 12.3. The van der Waals surface area contributed by atoms with E-state index in [4.69, 9.17) is 0 Å². The number of amides is 2. The van der Waals surface area contributed by atoms with Gasteiger partial charge in [-0.15, -0.1) is 23.1 Å². The lowest BCUT2D eigenvalue weighted by molar-refractivity contribution is -0.113. The number of nitrogens with one attached hydrogen (secondary N) is 2. The molecule has 4 rings (SSSR count). The molecule has 0 fully saturated rings. The number of carbonyl (C=O) groups excluding carboxylic acids is 2. The van der Waals surface area contributed by atoms with Gasteiger partial charge in [-0.3, -0.25) is 9.59 Å². The number of carbonyl (C=O) groups is 2. The van der Waals surface area contributed by atoms with Gasteiger partial charge < -0.3 is 15.2 Å². The second-order valence-electron chi connectivity index (χ2n) is 6.64. The van der Waals surface area contributed by atoms with Gasteiger partial charge >= 0.3 is 0 Å². The van der Waals surface area contributed by atoms with E-state index in [-0.39, 0.29) is 11.8 Å². The van der Waals surface area contributed by atoms with E-state index < -0.39 is 0 Å². The molecule has 0 radical (unpaired) electrons. The minimum atomic E-state index is -0.0476. The van der Waals surface area contributed by atoms with Crippen molar-refractivity contribution in [2.24, 2.45) is 0 Å². The first-order valence-corrected chi connectivity index (χ1v) is 11.4. The first-order valence-electron chi connectivity index (χ1n) is 9.58. The van der Waals surface area contributed by atoms with Gasteiger partial charge in [0.25, 0.3) is 5.91 Å². The minimum Gasteiger partial charge on any atom is -0.350 e. The van der Waals surface area contributed by atoms with Crippen molar-refractivity contribution in [1.29, 1.82) is 0 Å². The van der Waals surface area contributed by atoms with Gasteiger partial charge in [0.1, 0.15) is 0 Å². The average Bonchev–Trinajstić information content (AvgIpc) is 3.42. The van der Waals surface area contributed by atoms with Crippen LogP contribution in [0, 0.1) is 0 Å². The number of rotatable bonds is 8. The van der Waals surface area contributed by atoms with Gasteiger partial charge in [0.15, 0.2) is 0 Å². The van der Waals surface area contributed by atoms with Crippen LogP contribution >= 0.6 is 23.1 Å². The van der Waals surface area contributed by atoms with Crippen molar-refractivity contribution in [3.8, 4) is 0 Å². The molecule has 0 aliphatic heterocycles. The number of anilines is 1. The van der Waals surface area contributed by atoms with E-state index in [0.717, 1.165) is 21.5 Å². The smallest absolute Gasteiger partial charge is 0.261 e. The zero-order valence-corrected chi connectivity index (χ0v) is 17.8. The summed E-state index contributed by atoms with van der Waals surface area (Å²) in [6.45, 7) is 1.20. The normalized spacial score (nSPS) is 10.8. The molecule has 2 aromatic heterocycles. The van der Waals surface area contributed by atoms with Gasteiger partial charge in [0.2, 0.25) is 5.91 Å². The van der Waals surface area contributed by atoms with Crippen LogP contribution in [-0.2, 0) is 11.3 Å². The van der Waals surface area contributed by atoms with E-state index in [9.17, 15) is 9.59 Å². The maximum Gasteiger partial charge on any atom is 0.261 e. The average molecular weight is 436 g/mol. The summed E-state index contributed by atoms with van der Waals surface area (Å²) in [5, 5.41) is 8.88.